The molecule has 2 saturated carbocycles. The zero-order valence-electron chi connectivity index (χ0n) is 7.75. The first kappa shape index (κ1) is 8.01. The van der Waals surface area contributed by atoms with Crippen LogP contribution in [-0.4, -0.2) is 6.04 Å². The number of thiophene rings is 1. The predicted octanol–water partition coefficient (Wildman–Crippen LogP) is 2.88. The molecule has 2 aliphatic carbocycles. The molecule has 0 amide bonds. The van der Waals surface area contributed by atoms with E-state index in [1.807, 2.05) is 11.3 Å². The summed E-state index contributed by atoms with van der Waals surface area (Å²) in [5.41, 5.74) is 3.21. The zero-order valence-corrected chi connectivity index (χ0v) is 8.57. The summed E-state index contributed by atoms with van der Waals surface area (Å²) in [6.07, 6.45) is 5.63. The lowest BCUT2D eigenvalue weighted by atomic mass is 10.1. The van der Waals surface area contributed by atoms with Gasteiger partial charge in [-0.05, 0) is 53.5 Å². The van der Waals surface area contributed by atoms with Crippen molar-refractivity contribution < 1.29 is 0 Å². The van der Waals surface area contributed by atoms with Gasteiger partial charge in [-0.25, -0.2) is 0 Å². The molecule has 0 bridgehead atoms. The Bertz CT molecular complexity index is 297. The second-order valence-electron chi connectivity index (χ2n) is 4.28. The van der Waals surface area contributed by atoms with Crippen LogP contribution < -0.4 is 5.32 Å². The van der Waals surface area contributed by atoms with Gasteiger partial charge >= 0.3 is 0 Å². The Kier molecular flexibility index (Phi) is 1.91. The molecule has 70 valence electrons. The lowest BCUT2D eigenvalue weighted by Gasteiger charge is -2.03. The molecule has 0 saturated heterocycles. The van der Waals surface area contributed by atoms with E-state index in [0.29, 0.717) is 0 Å². The molecule has 0 atom stereocenters. The van der Waals surface area contributed by atoms with Crippen molar-refractivity contribution in [3.05, 3.63) is 21.9 Å². The molecule has 0 unspecified atom stereocenters. The first-order chi connectivity index (χ1) is 6.43. The monoisotopic (exact) mass is 193 g/mol. The predicted molar refractivity (Wildman–Crippen MR) is 56.2 cm³/mol. The highest BCUT2D eigenvalue weighted by Crippen LogP contribution is 2.43. The first-order valence-electron chi connectivity index (χ1n) is 5.22. The van der Waals surface area contributed by atoms with Crippen molar-refractivity contribution in [1.29, 1.82) is 0 Å². The van der Waals surface area contributed by atoms with Crippen molar-refractivity contribution in [3.8, 4) is 0 Å². The summed E-state index contributed by atoms with van der Waals surface area (Å²) in [5, 5.41) is 8.26. The van der Waals surface area contributed by atoms with Crippen LogP contribution in [0, 0.1) is 0 Å². The molecule has 0 aromatic carbocycles. The number of rotatable bonds is 4. The van der Waals surface area contributed by atoms with E-state index in [-0.39, 0.29) is 0 Å². The van der Waals surface area contributed by atoms with Crippen LogP contribution in [0.2, 0.25) is 0 Å². The molecule has 2 aliphatic rings. The molecular weight excluding hydrogens is 178 g/mol. The van der Waals surface area contributed by atoms with Crippen molar-refractivity contribution in [2.24, 2.45) is 0 Å². The summed E-state index contributed by atoms with van der Waals surface area (Å²) in [7, 11) is 0. The quantitative estimate of drug-likeness (QED) is 0.775. The Balaban J connectivity index is 1.67. The maximum atomic E-state index is 3.59. The van der Waals surface area contributed by atoms with Gasteiger partial charge in [0.15, 0.2) is 0 Å². The van der Waals surface area contributed by atoms with E-state index in [1.165, 1.54) is 25.7 Å². The Morgan fingerprint density at radius 2 is 2.08 bits per heavy atom. The fourth-order valence-electron chi connectivity index (χ4n) is 1.77. The average Bonchev–Trinajstić information content (AvgIpc) is 3.03. The maximum absolute atomic E-state index is 3.59. The van der Waals surface area contributed by atoms with Gasteiger partial charge in [0, 0.05) is 12.6 Å². The summed E-state index contributed by atoms with van der Waals surface area (Å²) < 4.78 is 0. The zero-order chi connectivity index (χ0) is 8.67. The minimum atomic E-state index is 0.840. The maximum Gasteiger partial charge on any atom is 0.0219 e. The van der Waals surface area contributed by atoms with E-state index in [2.05, 4.69) is 16.1 Å². The molecule has 1 nitrogen and oxygen atoms in total. The van der Waals surface area contributed by atoms with Crippen LogP contribution in [0.25, 0.3) is 0 Å². The fraction of sp³-hybridized carbons (Fsp3) is 0.636. The third kappa shape index (κ3) is 1.79. The van der Waals surface area contributed by atoms with Crippen LogP contribution in [0.4, 0.5) is 0 Å². The number of nitrogens with one attached hydrogen (secondary N) is 1. The smallest absolute Gasteiger partial charge is 0.0219 e. The highest BCUT2D eigenvalue weighted by Gasteiger charge is 2.27. The molecule has 1 heterocycles. The summed E-state index contributed by atoms with van der Waals surface area (Å²) in [5.74, 6) is 0.919. The van der Waals surface area contributed by atoms with Crippen LogP contribution >= 0.6 is 11.3 Å². The summed E-state index contributed by atoms with van der Waals surface area (Å²) in [4.78, 5) is 0. The van der Waals surface area contributed by atoms with Gasteiger partial charge in [0.25, 0.3) is 0 Å². The second-order valence-corrected chi connectivity index (χ2v) is 5.03. The van der Waals surface area contributed by atoms with Gasteiger partial charge in [-0.15, -0.1) is 0 Å². The van der Waals surface area contributed by atoms with Crippen LogP contribution in [-0.2, 0) is 6.54 Å². The number of hydrogen-bond acceptors (Lipinski definition) is 2. The molecule has 1 aromatic heterocycles. The van der Waals surface area contributed by atoms with Crippen molar-refractivity contribution in [3.63, 3.8) is 0 Å². The summed E-state index contributed by atoms with van der Waals surface area (Å²) in [6.45, 7) is 1.11. The second kappa shape index (κ2) is 3.10. The Morgan fingerprint density at radius 1 is 1.23 bits per heavy atom. The molecule has 3 rings (SSSR count). The lowest BCUT2D eigenvalue weighted by Crippen LogP contribution is -2.15. The molecule has 2 heteroatoms. The van der Waals surface area contributed by atoms with E-state index in [0.717, 1.165) is 18.5 Å². The summed E-state index contributed by atoms with van der Waals surface area (Å²) in [6, 6.07) is 0.840. The standard InChI is InChI=1S/C11H15NS/c1-2-8(1)11-7-13-6-9(11)5-12-10-3-4-10/h6-8,10,12H,1-5H2. The van der Waals surface area contributed by atoms with Crippen LogP contribution in [0.3, 0.4) is 0 Å². The van der Waals surface area contributed by atoms with E-state index < -0.39 is 0 Å². The van der Waals surface area contributed by atoms with Crippen LogP contribution in [0.5, 0.6) is 0 Å². The summed E-state index contributed by atoms with van der Waals surface area (Å²) >= 11 is 1.87. The Labute approximate surface area is 83.2 Å². The lowest BCUT2D eigenvalue weighted by molar-refractivity contribution is 0.684. The van der Waals surface area contributed by atoms with Gasteiger partial charge in [0.1, 0.15) is 0 Å². The fourth-order valence-corrected chi connectivity index (χ4v) is 2.71. The first-order valence-corrected chi connectivity index (χ1v) is 6.16. The van der Waals surface area contributed by atoms with Gasteiger partial charge in [0.2, 0.25) is 0 Å². The molecule has 0 aliphatic heterocycles. The van der Waals surface area contributed by atoms with E-state index in [9.17, 15) is 0 Å². The van der Waals surface area contributed by atoms with Crippen LogP contribution in [0.1, 0.15) is 42.7 Å². The van der Waals surface area contributed by atoms with Gasteiger partial charge in [-0.2, -0.15) is 11.3 Å². The van der Waals surface area contributed by atoms with Crippen molar-refractivity contribution in [2.75, 3.05) is 0 Å². The molecule has 13 heavy (non-hydrogen) atoms. The van der Waals surface area contributed by atoms with E-state index in [1.54, 1.807) is 11.1 Å². The van der Waals surface area contributed by atoms with Crippen molar-refractivity contribution in [1.82, 2.24) is 5.32 Å². The minimum absolute atomic E-state index is 0.840. The average molecular weight is 193 g/mol. The SMILES string of the molecule is c1scc(C2CC2)c1CNC1CC1. The molecule has 0 spiro atoms. The molecule has 2 fully saturated rings. The van der Waals surface area contributed by atoms with Gasteiger partial charge in [-0.1, -0.05) is 0 Å². The van der Waals surface area contributed by atoms with Gasteiger partial charge in [0.05, 0.1) is 0 Å². The Morgan fingerprint density at radius 3 is 2.77 bits per heavy atom. The van der Waals surface area contributed by atoms with Gasteiger partial charge in [-0.3, -0.25) is 0 Å². The minimum Gasteiger partial charge on any atom is -0.310 e. The third-order valence-corrected chi connectivity index (χ3v) is 3.76. The van der Waals surface area contributed by atoms with Crippen LogP contribution in [0.15, 0.2) is 10.8 Å². The van der Waals surface area contributed by atoms with Crippen molar-refractivity contribution in [2.45, 2.75) is 44.2 Å². The molecule has 1 N–H and O–H groups in total. The largest absolute Gasteiger partial charge is 0.310 e. The third-order valence-electron chi connectivity index (χ3n) is 2.95. The highest BCUT2D eigenvalue weighted by atomic mass is 32.1. The Hall–Kier alpha value is -0.340. The molecule has 1 aromatic rings. The van der Waals surface area contributed by atoms with E-state index >= 15 is 0 Å². The molecule has 0 radical (unpaired) electrons. The number of hydrogen-bond donors (Lipinski definition) is 1. The van der Waals surface area contributed by atoms with E-state index in [4.69, 9.17) is 0 Å². The highest BCUT2D eigenvalue weighted by molar-refractivity contribution is 7.08. The van der Waals surface area contributed by atoms with Gasteiger partial charge < -0.3 is 5.32 Å². The molecular formula is C11H15NS. The normalized spacial score (nSPS) is 22.2. The topological polar surface area (TPSA) is 12.0 Å². The van der Waals surface area contributed by atoms with Crippen molar-refractivity contribution >= 4 is 11.3 Å².